The molecule has 3 rings (SSSR count). The van der Waals surface area contributed by atoms with Crippen LogP contribution >= 0.6 is 11.8 Å². The minimum atomic E-state index is 0.701. The highest BCUT2D eigenvalue weighted by Gasteiger charge is 2.23. The third-order valence-corrected chi connectivity index (χ3v) is 4.55. The Morgan fingerprint density at radius 3 is 2.79 bits per heavy atom. The van der Waals surface area contributed by atoms with Gasteiger partial charge in [-0.1, -0.05) is 0 Å². The zero-order chi connectivity index (χ0) is 13.4. The highest BCUT2D eigenvalue weighted by atomic mass is 32.2. The Labute approximate surface area is 116 Å². The van der Waals surface area contributed by atoms with Gasteiger partial charge in [0.2, 0.25) is 0 Å². The molecule has 102 valence electrons. The Kier molecular flexibility index (Phi) is 3.32. The maximum absolute atomic E-state index is 4.52. The van der Waals surface area contributed by atoms with E-state index in [1.807, 2.05) is 18.8 Å². The minimum Gasteiger partial charge on any atom is -0.310 e. The van der Waals surface area contributed by atoms with Crippen LogP contribution in [0.4, 0.5) is 0 Å². The highest BCUT2D eigenvalue weighted by molar-refractivity contribution is 7.99. The number of nitrogens with one attached hydrogen (secondary N) is 1. The first-order valence-corrected chi connectivity index (χ1v) is 7.24. The van der Waals surface area contributed by atoms with Crippen molar-refractivity contribution in [2.45, 2.75) is 42.5 Å². The largest absolute Gasteiger partial charge is 0.310 e. The van der Waals surface area contributed by atoms with E-state index in [2.05, 4.69) is 27.4 Å². The van der Waals surface area contributed by atoms with Crippen molar-refractivity contribution < 1.29 is 0 Å². The van der Waals surface area contributed by atoms with E-state index in [0.29, 0.717) is 6.04 Å². The molecule has 0 amide bonds. The Hall–Kier alpha value is -1.34. The number of hydrogen-bond acceptors (Lipinski definition) is 5. The first kappa shape index (κ1) is 12.7. The van der Waals surface area contributed by atoms with Crippen LogP contribution < -0.4 is 5.32 Å². The molecule has 1 N–H and O–H groups in total. The van der Waals surface area contributed by atoms with E-state index in [9.17, 15) is 0 Å². The second-order valence-corrected chi connectivity index (χ2v) is 5.87. The van der Waals surface area contributed by atoms with Crippen LogP contribution in [0.25, 0.3) is 0 Å². The van der Waals surface area contributed by atoms with E-state index in [0.717, 1.165) is 22.4 Å². The third-order valence-electron chi connectivity index (χ3n) is 3.29. The fraction of sp³-hybridized carbons (Fsp3) is 0.583. The van der Waals surface area contributed by atoms with E-state index in [4.69, 9.17) is 0 Å². The maximum atomic E-state index is 4.52. The standard InChI is InChI=1S/C12H18N6S/c1-8-10(6-13-9-4-5-9)11(17(2)16-8)19-12-14-7-15-18(12)3/h7,9,13H,4-6H2,1-3H3. The Morgan fingerprint density at radius 2 is 2.16 bits per heavy atom. The summed E-state index contributed by atoms with van der Waals surface area (Å²) in [5, 5.41) is 14.2. The molecule has 2 aromatic heterocycles. The summed E-state index contributed by atoms with van der Waals surface area (Å²) < 4.78 is 3.71. The zero-order valence-corrected chi connectivity index (χ0v) is 12.2. The molecule has 0 spiro atoms. The molecular weight excluding hydrogens is 260 g/mol. The average molecular weight is 278 g/mol. The second-order valence-electron chi connectivity index (χ2n) is 4.92. The molecule has 1 aliphatic rings. The number of nitrogens with zero attached hydrogens (tertiary/aromatic N) is 5. The van der Waals surface area contributed by atoms with Crippen LogP contribution in [0.1, 0.15) is 24.1 Å². The van der Waals surface area contributed by atoms with Crippen molar-refractivity contribution in [2.75, 3.05) is 0 Å². The van der Waals surface area contributed by atoms with Gasteiger partial charge in [0.25, 0.3) is 0 Å². The van der Waals surface area contributed by atoms with Gasteiger partial charge in [-0.05, 0) is 31.5 Å². The molecule has 1 saturated carbocycles. The van der Waals surface area contributed by atoms with Crippen molar-refractivity contribution in [3.8, 4) is 0 Å². The van der Waals surface area contributed by atoms with Gasteiger partial charge in [0.15, 0.2) is 5.16 Å². The lowest BCUT2D eigenvalue weighted by Gasteiger charge is -2.06. The van der Waals surface area contributed by atoms with Gasteiger partial charge in [0.1, 0.15) is 11.4 Å². The lowest BCUT2D eigenvalue weighted by molar-refractivity contribution is 0.651. The zero-order valence-electron chi connectivity index (χ0n) is 11.4. The summed E-state index contributed by atoms with van der Waals surface area (Å²) in [4.78, 5) is 4.26. The SMILES string of the molecule is Cc1nn(C)c(Sc2ncnn2C)c1CNC1CC1. The summed E-state index contributed by atoms with van der Waals surface area (Å²) in [6, 6.07) is 0.701. The molecule has 0 atom stereocenters. The van der Waals surface area contributed by atoms with Gasteiger partial charge in [0, 0.05) is 32.2 Å². The Balaban J connectivity index is 1.83. The molecule has 19 heavy (non-hydrogen) atoms. The van der Waals surface area contributed by atoms with Gasteiger partial charge in [-0.3, -0.25) is 4.68 Å². The van der Waals surface area contributed by atoms with E-state index in [1.54, 1.807) is 22.8 Å². The van der Waals surface area contributed by atoms with Gasteiger partial charge in [-0.2, -0.15) is 10.2 Å². The Morgan fingerprint density at radius 1 is 1.37 bits per heavy atom. The lowest BCUT2D eigenvalue weighted by atomic mass is 10.2. The number of rotatable bonds is 5. The predicted octanol–water partition coefficient (Wildman–Crippen LogP) is 1.26. The monoisotopic (exact) mass is 278 g/mol. The van der Waals surface area contributed by atoms with Crippen LogP contribution in [0.15, 0.2) is 16.5 Å². The van der Waals surface area contributed by atoms with Crippen molar-refractivity contribution in [2.24, 2.45) is 14.1 Å². The average Bonchev–Trinajstić information content (AvgIpc) is 3.05. The third kappa shape index (κ3) is 2.66. The normalized spacial score (nSPS) is 15.1. The summed E-state index contributed by atoms with van der Waals surface area (Å²) in [5.74, 6) is 0. The highest BCUT2D eigenvalue weighted by Crippen LogP contribution is 2.30. The van der Waals surface area contributed by atoms with E-state index in [-0.39, 0.29) is 0 Å². The van der Waals surface area contributed by atoms with Crippen LogP contribution in [-0.4, -0.2) is 30.6 Å². The summed E-state index contributed by atoms with van der Waals surface area (Å²) in [5.41, 5.74) is 2.35. The van der Waals surface area contributed by atoms with Crippen molar-refractivity contribution in [1.29, 1.82) is 0 Å². The molecule has 0 aromatic carbocycles. The summed E-state index contributed by atoms with van der Waals surface area (Å²) in [6.07, 6.45) is 4.17. The molecule has 7 heteroatoms. The van der Waals surface area contributed by atoms with E-state index >= 15 is 0 Å². The lowest BCUT2D eigenvalue weighted by Crippen LogP contribution is -2.16. The molecule has 6 nitrogen and oxygen atoms in total. The molecule has 1 aliphatic carbocycles. The quantitative estimate of drug-likeness (QED) is 0.892. The van der Waals surface area contributed by atoms with Crippen LogP contribution in [0.3, 0.4) is 0 Å². The smallest absolute Gasteiger partial charge is 0.192 e. The van der Waals surface area contributed by atoms with Gasteiger partial charge < -0.3 is 5.32 Å². The number of aromatic nitrogens is 5. The van der Waals surface area contributed by atoms with E-state index < -0.39 is 0 Å². The Bertz CT molecular complexity index is 583. The fourth-order valence-corrected chi connectivity index (χ4v) is 2.98. The summed E-state index contributed by atoms with van der Waals surface area (Å²) in [6.45, 7) is 2.94. The first-order valence-electron chi connectivity index (χ1n) is 6.43. The van der Waals surface area contributed by atoms with Gasteiger partial charge >= 0.3 is 0 Å². The molecule has 1 fully saturated rings. The maximum Gasteiger partial charge on any atom is 0.192 e. The first-order chi connectivity index (χ1) is 9.15. The molecule has 2 heterocycles. The molecule has 2 aromatic rings. The van der Waals surface area contributed by atoms with Crippen molar-refractivity contribution >= 4 is 11.8 Å². The molecule has 0 saturated heterocycles. The van der Waals surface area contributed by atoms with Gasteiger partial charge in [-0.15, -0.1) is 0 Å². The van der Waals surface area contributed by atoms with Crippen LogP contribution in [0, 0.1) is 6.92 Å². The summed E-state index contributed by atoms with van der Waals surface area (Å²) >= 11 is 1.62. The molecule has 0 aliphatic heterocycles. The van der Waals surface area contributed by atoms with Crippen molar-refractivity contribution in [3.63, 3.8) is 0 Å². The van der Waals surface area contributed by atoms with Crippen LogP contribution in [-0.2, 0) is 20.6 Å². The molecule has 0 unspecified atom stereocenters. The van der Waals surface area contributed by atoms with Crippen molar-refractivity contribution in [3.05, 3.63) is 17.6 Å². The predicted molar refractivity (Wildman–Crippen MR) is 72.9 cm³/mol. The number of hydrogen-bond donors (Lipinski definition) is 1. The van der Waals surface area contributed by atoms with Gasteiger partial charge in [-0.25, -0.2) is 9.67 Å². The topological polar surface area (TPSA) is 60.6 Å². The fourth-order valence-electron chi connectivity index (χ4n) is 2.01. The summed E-state index contributed by atoms with van der Waals surface area (Å²) in [7, 11) is 3.88. The van der Waals surface area contributed by atoms with Crippen LogP contribution in [0.5, 0.6) is 0 Å². The van der Waals surface area contributed by atoms with Crippen molar-refractivity contribution in [1.82, 2.24) is 29.9 Å². The number of aryl methyl sites for hydroxylation is 3. The minimum absolute atomic E-state index is 0.701. The molecule has 0 bridgehead atoms. The van der Waals surface area contributed by atoms with Crippen LogP contribution in [0.2, 0.25) is 0 Å². The molecule has 0 radical (unpaired) electrons. The van der Waals surface area contributed by atoms with E-state index in [1.165, 1.54) is 18.4 Å². The molecular formula is C12H18N6S. The second kappa shape index (κ2) is 4.97. The van der Waals surface area contributed by atoms with Gasteiger partial charge in [0.05, 0.1) is 5.69 Å².